The van der Waals surface area contributed by atoms with Gasteiger partial charge in [-0.2, -0.15) is 0 Å². The number of unbranched alkanes of at least 4 members (excludes halogenated alkanes) is 1. The van der Waals surface area contributed by atoms with Gasteiger partial charge in [-0.15, -0.1) is 11.3 Å². The maximum atomic E-state index is 12.0. The molecule has 0 aliphatic heterocycles. The molecule has 0 amide bonds. The van der Waals surface area contributed by atoms with Crippen LogP contribution in [0.4, 0.5) is 5.00 Å². The minimum Gasteiger partial charge on any atom is -0.465 e. The lowest BCUT2D eigenvalue weighted by molar-refractivity contribution is 0.0602. The zero-order valence-electron chi connectivity index (χ0n) is 13.2. The van der Waals surface area contributed by atoms with Gasteiger partial charge in [-0.3, -0.25) is 0 Å². The largest absolute Gasteiger partial charge is 0.465 e. The van der Waals surface area contributed by atoms with Crippen LogP contribution in [-0.2, 0) is 4.74 Å². The van der Waals surface area contributed by atoms with Gasteiger partial charge in [0.2, 0.25) is 0 Å². The van der Waals surface area contributed by atoms with Crippen LogP contribution in [0.25, 0.3) is 10.4 Å². The van der Waals surface area contributed by atoms with Gasteiger partial charge >= 0.3 is 5.97 Å². The van der Waals surface area contributed by atoms with Gasteiger partial charge in [0, 0.05) is 11.4 Å². The first kappa shape index (κ1) is 17.4. The lowest BCUT2D eigenvalue weighted by atomic mass is 10.1. The first-order valence-electron chi connectivity index (χ1n) is 7.48. The van der Waals surface area contributed by atoms with Crippen LogP contribution in [-0.4, -0.2) is 24.7 Å². The Morgan fingerprint density at radius 2 is 2.04 bits per heavy atom. The summed E-state index contributed by atoms with van der Waals surface area (Å²) in [7, 11) is 1.38. The van der Waals surface area contributed by atoms with Crippen LogP contribution in [0.5, 0.6) is 0 Å². The summed E-state index contributed by atoms with van der Waals surface area (Å²) in [6.45, 7) is 2.94. The van der Waals surface area contributed by atoms with Crippen molar-refractivity contribution >= 4 is 39.6 Å². The van der Waals surface area contributed by atoms with Crippen LogP contribution in [0.1, 0.15) is 30.1 Å². The molecule has 0 aliphatic rings. The molecule has 1 aromatic heterocycles. The van der Waals surface area contributed by atoms with Gasteiger partial charge in [0.05, 0.1) is 12.7 Å². The Balaban J connectivity index is 2.21. The second kappa shape index (κ2) is 8.64. The molecule has 0 radical (unpaired) electrons. The van der Waals surface area contributed by atoms with Crippen LogP contribution in [0.15, 0.2) is 36.4 Å². The summed E-state index contributed by atoms with van der Waals surface area (Å²) in [5.41, 5.74) is 1.55. The Morgan fingerprint density at radius 3 is 2.70 bits per heavy atom. The molecule has 1 heterocycles. The molecule has 0 atom stereocenters. The number of methoxy groups -OCH3 is 1. The van der Waals surface area contributed by atoms with E-state index in [1.54, 1.807) is 0 Å². The average Bonchev–Trinajstić information content (AvgIpc) is 2.99. The number of benzene rings is 1. The molecular formula is C17H20N2O2S2. The number of thiophene rings is 1. The van der Waals surface area contributed by atoms with E-state index >= 15 is 0 Å². The van der Waals surface area contributed by atoms with Crippen molar-refractivity contribution in [1.29, 1.82) is 0 Å². The Labute approximate surface area is 145 Å². The van der Waals surface area contributed by atoms with E-state index in [1.807, 2.05) is 36.4 Å². The summed E-state index contributed by atoms with van der Waals surface area (Å²) in [6, 6.07) is 11.8. The maximum Gasteiger partial charge on any atom is 0.340 e. The molecule has 0 unspecified atom stereocenters. The van der Waals surface area contributed by atoms with Gasteiger partial charge in [-0.1, -0.05) is 43.7 Å². The molecule has 2 rings (SSSR count). The molecule has 2 aromatic rings. The van der Waals surface area contributed by atoms with Crippen molar-refractivity contribution in [3.63, 3.8) is 0 Å². The number of hydrogen-bond acceptors (Lipinski definition) is 4. The Bertz CT molecular complexity index is 668. The van der Waals surface area contributed by atoms with Crippen LogP contribution in [0.2, 0.25) is 0 Å². The van der Waals surface area contributed by atoms with Gasteiger partial charge in [-0.05, 0) is 30.3 Å². The molecule has 23 heavy (non-hydrogen) atoms. The topological polar surface area (TPSA) is 50.4 Å². The lowest BCUT2D eigenvalue weighted by Crippen LogP contribution is -2.29. The third-order valence-corrected chi connectivity index (χ3v) is 4.58. The summed E-state index contributed by atoms with van der Waals surface area (Å²) in [4.78, 5) is 13.0. The molecule has 6 heteroatoms. The van der Waals surface area contributed by atoms with Crippen LogP contribution < -0.4 is 10.6 Å². The van der Waals surface area contributed by atoms with Gasteiger partial charge in [0.1, 0.15) is 5.00 Å². The normalized spacial score (nSPS) is 10.2. The van der Waals surface area contributed by atoms with Crippen LogP contribution >= 0.6 is 23.6 Å². The Morgan fingerprint density at radius 1 is 1.30 bits per heavy atom. The predicted molar refractivity (Wildman–Crippen MR) is 100 cm³/mol. The van der Waals surface area contributed by atoms with Crippen molar-refractivity contribution in [3.05, 3.63) is 42.0 Å². The van der Waals surface area contributed by atoms with Gasteiger partial charge in [-0.25, -0.2) is 4.79 Å². The van der Waals surface area contributed by atoms with Crippen molar-refractivity contribution in [2.45, 2.75) is 19.8 Å². The maximum absolute atomic E-state index is 12.0. The fraction of sp³-hybridized carbons (Fsp3) is 0.294. The number of esters is 1. The van der Waals surface area contributed by atoms with Gasteiger partial charge in [0.25, 0.3) is 0 Å². The number of nitrogens with one attached hydrogen (secondary N) is 2. The summed E-state index contributed by atoms with van der Waals surface area (Å²) in [5.74, 6) is -0.373. The highest BCUT2D eigenvalue weighted by atomic mass is 32.1. The van der Waals surface area contributed by atoms with Gasteiger partial charge in [0.15, 0.2) is 5.11 Å². The van der Waals surface area contributed by atoms with Crippen molar-refractivity contribution in [3.8, 4) is 10.4 Å². The quantitative estimate of drug-likeness (QED) is 0.463. The summed E-state index contributed by atoms with van der Waals surface area (Å²) < 4.78 is 4.87. The highest BCUT2D eigenvalue weighted by Gasteiger charge is 2.18. The smallest absolute Gasteiger partial charge is 0.340 e. The van der Waals surface area contributed by atoms with E-state index < -0.39 is 0 Å². The number of hydrogen-bond donors (Lipinski definition) is 2. The summed E-state index contributed by atoms with van der Waals surface area (Å²) >= 11 is 6.77. The van der Waals surface area contributed by atoms with Crippen LogP contribution in [0, 0.1) is 0 Å². The Hall–Kier alpha value is -1.92. The zero-order chi connectivity index (χ0) is 16.7. The molecule has 4 nitrogen and oxygen atoms in total. The number of anilines is 1. The highest BCUT2D eigenvalue weighted by molar-refractivity contribution is 7.80. The lowest BCUT2D eigenvalue weighted by Gasteiger charge is -2.09. The number of ether oxygens (including phenoxy) is 1. The van der Waals surface area contributed by atoms with Crippen molar-refractivity contribution in [2.75, 3.05) is 19.0 Å². The molecule has 0 aliphatic carbocycles. The molecule has 0 saturated carbocycles. The molecule has 0 fully saturated rings. The molecular weight excluding hydrogens is 328 g/mol. The minimum absolute atomic E-state index is 0.373. The predicted octanol–water partition coefficient (Wildman–Crippen LogP) is 4.29. The average molecular weight is 348 g/mol. The number of thiocarbonyl (C=S) groups is 1. The molecule has 0 bridgehead atoms. The molecule has 0 saturated heterocycles. The first-order valence-corrected chi connectivity index (χ1v) is 8.70. The Kier molecular flexibility index (Phi) is 6.55. The minimum atomic E-state index is -0.373. The number of rotatable bonds is 6. The molecule has 2 N–H and O–H groups in total. The highest BCUT2D eigenvalue weighted by Crippen LogP contribution is 2.35. The third-order valence-electron chi connectivity index (χ3n) is 3.24. The van der Waals surface area contributed by atoms with Crippen molar-refractivity contribution < 1.29 is 9.53 Å². The monoisotopic (exact) mass is 348 g/mol. The summed E-state index contributed by atoms with van der Waals surface area (Å²) in [6.07, 6.45) is 2.14. The van der Waals surface area contributed by atoms with E-state index in [9.17, 15) is 4.79 Å². The van der Waals surface area contributed by atoms with E-state index in [-0.39, 0.29) is 5.97 Å². The third kappa shape index (κ3) is 4.77. The van der Waals surface area contributed by atoms with Crippen LogP contribution in [0.3, 0.4) is 0 Å². The standard InChI is InChI=1S/C17H20N2O2S2/c1-3-4-10-18-17(22)19-15-13(16(20)21-2)11-14(23-15)12-8-6-5-7-9-12/h5-9,11H,3-4,10H2,1-2H3,(H2,18,19,22). The fourth-order valence-electron chi connectivity index (χ4n) is 2.02. The summed E-state index contributed by atoms with van der Waals surface area (Å²) in [5, 5.41) is 7.47. The fourth-order valence-corrected chi connectivity index (χ4v) is 3.34. The molecule has 122 valence electrons. The van der Waals surface area contributed by atoms with E-state index in [2.05, 4.69) is 17.6 Å². The van der Waals surface area contributed by atoms with E-state index in [0.717, 1.165) is 29.8 Å². The van der Waals surface area contributed by atoms with Crippen molar-refractivity contribution in [2.24, 2.45) is 0 Å². The second-order valence-corrected chi connectivity index (χ2v) is 6.41. The molecule has 1 aromatic carbocycles. The first-order chi connectivity index (χ1) is 11.2. The van der Waals surface area contributed by atoms with Gasteiger partial charge < -0.3 is 15.4 Å². The molecule has 0 spiro atoms. The number of carbonyl (C=O) groups excluding carboxylic acids is 1. The SMILES string of the molecule is CCCCNC(=S)Nc1sc(-c2ccccc2)cc1C(=O)OC. The van der Waals surface area contributed by atoms with E-state index in [1.165, 1.54) is 18.4 Å². The van der Waals surface area contributed by atoms with Crippen molar-refractivity contribution in [1.82, 2.24) is 5.32 Å². The zero-order valence-corrected chi connectivity index (χ0v) is 14.9. The second-order valence-electron chi connectivity index (χ2n) is 4.95. The van der Waals surface area contributed by atoms with E-state index in [0.29, 0.717) is 15.7 Å². The van der Waals surface area contributed by atoms with E-state index in [4.69, 9.17) is 17.0 Å². The number of carbonyl (C=O) groups is 1.